The van der Waals surface area contributed by atoms with E-state index in [1.165, 1.54) is 7.11 Å². The summed E-state index contributed by atoms with van der Waals surface area (Å²) >= 11 is 0. The van der Waals surface area contributed by atoms with E-state index < -0.39 is 4.92 Å². The Labute approximate surface area is 126 Å². The highest BCUT2D eigenvalue weighted by Gasteiger charge is 2.20. The van der Waals surface area contributed by atoms with Gasteiger partial charge in [0.25, 0.3) is 0 Å². The lowest BCUT2D eigenvalue weighted by Crippen LogP contribution is -1.96. The maximum atomic E-state index is 11.3. The first-order valence-electron chi connectivity index (χ1n) is 6.66. The van der Waals surface area contributed by atoms with Gasteiger partial charge in [0, 0.05) is 5.69 Å². The molecule has 22 heavy (non-hydrogen) atoms. The average Bonchev–Trinajstić information content (AvgIpc) is 2.52. The zero-order valence-electron chi connectivity index (χ0n) is 12.1. The maximum Gasteiger partial charge on any atom is 0.320 e. The molecule has 0 amide bonds. The lowest BCUT2D eigenvalue weighted by atomic mass is 10.1. The molecule has 0 radical (unpaired) electrons. The molecule has 2 heterocycles. The van der Waals surface area contributed by atoms with Crippen LogP contribution >= 0.6 is 0 Å². The number of nitrogens with zero attached hydrogens (tertiary/aromatic N) is 3. The third kappa shape index (κ3) is 2.35. The van der Waals surface area contributed by atoms with Gasteiger partial charge in [0.2, 0.25) is 0 Å². The molecule has 0 aliphatic carbocycles. The van der Waals surface area contributed by atoms with Crippen LogP contribution in [0.4, 0.5) is 5.69 Å². The van der Waals surface area contributed by atoms with E-state index in [2.05, 4.69) is 9.97 Å². The van der Waals surface area contributed by atoms with Crippen molar-refractivity contribution in [3.05, 3.63) is 58.3 Å². The first-order valence-corrected chi connectivity index (χ1v) is 6.66. The number of aromatic nitrogens is 2. The summed E-state index contributed by atoms with van der Waals surface area (Å²) in [7, 11) is 1.41. The molecule has 0 N–H and O–H groups in total. The number of methoxy groups -OCH3 is 1. The Morgan fingerprint density at radius 3 is 2.50 bits per heavy atom. The van der Waals surface area contributed by atoms with Crippen LogP contribution in [-0.4, -0.2) is 22.0 Å². The molecule has 6 nitrogen and oxygen atoms in total. The van der Waals surface area contributed by atoms with Gasteiger partial charge in [-0.15, -0.1) is 0 Å². The van der Waals surface area contributed by atoms with Crippen LogP contribution in [0.2, 0.25) is 0 Å². The number of nitro groups is 1. The number of ether oxygens (including phenoxy) is 1. The molecule has 0 unspecified atom stereocenters. The second kappa shape index (κ2) is 5.40. The van der Waals surface area contributed by atoms with Gasteiger partial charge < -0.3 is 4.74 Å². The van der Waals surface area contributed by atoms with E-state index in [0.29, 0.717) is 16.6 Å². The number of aryl methyl sites for hydroxylation is 1. The molecule has 0 spiro atoms. The summed E-state index contributed by atoms with van der Waals surface area (Å²) in [5, 5.41) is 11.7. The Hall–Kier alpha value is -3.02. The van der Waals surface area contributed by atoms with Gasteiger partial charge in [0.1, 0.15) is 0 Å². The summed E-state index contributed by atoms with van der Waals surface area (Å²) in [5.41, 5.74) is 2.76. The molecular weight excluding hydrogens is 282 g/mol. The number of rotatable bonds is 3. The second-order valence-electron chi connectivity index (χ2n) is 4.80. The van der Waals surface area contributed by atoms with Crippen LogP contribution in [0.25, 0.3) is 22.3 Å². The molecule has 110 valence electrons. The third-order valence-electron chi connectivity index (χ3n) is 3.36. The number of pyridine rings is 2. The minimum Gasteiger partial charge on any atom is -0.490 e. The van der Waals surface area contributed by atoms with Crippen LogP contribution in [0.1, 0.15) is 5.69 Å². The standard InChI is InChI=1S/C16H13N3O3/c1-10-4-3-5-13(17-10)14-7-6-11-12(18-14)8-9-15(22-2)16(11)19(20)21/h3-9H,1-2H3. The largest absolute Gasteiger partial charge is 0.490 e. The van der Waals surface area contributed by atoms with Crippen LogP contribution in [0.5, 0.6) is 5.75 Å². The summed E-state index contributed by atoms with van der Waals surface area (Å²) in [6.07, 6.45) is 0. The quantitative estimate of drug-likeness (QED) is 0.545. The topological polar surface area (TPSA) is 78.2 Å². The molecule has 0 bridgehead atoms. The zero-order valence-corrected chi connectivity index (χ0v) is 12.1. The van der Waals surface area contributed by atoms with E-state index >= 15 is 0 Å². The van der Waals surface area contributed by atoms with Gasteiger partial charge >= 0.3 is 5.69 Å². The molecule has 1 aromatic carbocycles. The maximum absolute atomic E-state index is 11.3. The molecule has 3 aromatic rings. The van der Waals surface area contributed by atoms with E-state index in [-0.39, 0.29) is 11.4 Å². The predicted molar refractivity (Wildman–Crippen MR) is 82.9 cm³/mol. The third-order valence-corrected chi connectivity index (χ3v) is 3.36. The van der Waals surface area contributed by atoms with Crippen molar-refractivity contribution in [2.24, 2.45) is 0 Å². The van der Waals surface area contributed by atoms with Crippen LogP contribution in [0.15, 0.2) is 42.5 Å². The van der Waals surface area contributed by atoms with Gasteiger partial charge in [0.15, 0.2) is 5.75 Å². The Kier molecular flexibility index (Phi) is 3.42. The number of fused-ring (bicyclic) bond motifs is 1. The summed E-state index contributed by atoms with van der Waals surface area (Å²) in [5.74, 6) is 0.223. The molecule has 6 heteroatoms. The molecule has 0 atom stereocenters. The van der Waals surface area contributed by atoms with Gasteiger partial charge in [0.05, 0.1) is 34.3 Å². The predicted octanol–water partition coefficient (Wildman–Crippen LogP) is 3.52. The van der Waals surface area contributed by atoms with E-state index in [4.69, 9.17) is 4.74 Å². The first-order chi connectivity index (χ1) is 10.6. The van der Waals surface area contributed by atoms with Gasteiger partial charge in [-0.1, -0.05) is 6.07 Å². The fourth-order valence-corrected chi connectivity index (χ4v) is 2.35. The molecule has 0 saturated heterocycles. The zero-order chi connectivity index (χ0) is 15.7. The minimum absolute atomic E-state index is 0.0729. The van der Waals surface area contributed by atoms with Crippen molar-refractivity contribution < 1.29 is 9.66 Å². The first kappa shape index (κ1) is 13.9. The Bertz CT molecular complexity index is 878. The highest BCUT2D eigenvalue weighted by atomic mass is 16.6. The van der Waals surface area contributed by atoms with Crippen molar-refractivity contribution in [3.63, 3.8) is 0 Å². The summed E-state index contributed by atoms with van der Waals surface area (Å²) in [6.45, 7) is 1.90. The molecule has 0 aliphatic heterocycles. The van der Waals surface area contributed by atoms with Gasteiger partial charge in [-0.05, 0) is 43.3 Å². The molecule has 0 saturated carbocycles. The Balaban J connectivity index is 2.22. The van der Waals surface area contributed by atoms with E-state index in [1.807, 2.05) is 25.1 Å². The Morgan fingerprint density at radius 1 is 1.05 bits per heavy atom. The van der Waals surface area contributed by atoms with Crippen molar-refractivity contribution in [2.45, 2.75) is 6.92 Å². The average molecular weight is 295 g/mol. The molecule has 0 fully saturated rings. The summed E-state index contributed by atoms with van der Waals surface area (Å²) in [6, 6.07) is 12.3. The number of hydrogen-bond donors (Lipinski definition) is 0. The normalized spacial score (nSPS) is 10.6. The van der Waals surface area contributed by atoms with Crippen LogP contribution < -0.4 is 4.74 Å². The molecule has 0 aliphatic rings. The van der Waals surface area contributed by atoms with Crippen molar-refractivity contribution in [2.75, 3.05) is 7.11 Å². The monoisotopic (exact) mass is 295 g/mol. The van der Waals surface area contributed by atoms with Crippen molar-refractivity contribution in [1.29, 1.82) is 0 Å². The highest BCUT2D eigenvalue weighted by molar-refractivity contribution is 5.92. The highest BCUT2D eigenvalue weighted by Crippen LogP contribution is 2.35. The van der Waals surface area contributed by atoms with Gasteiger partial charge in [-0.2, -0.15) is 0 Å². The number of hydrogen-bond acceptors (Lipinski definition) is 5. The smallest absolute Gasteiger partial charge is 0.320 e. The van der Waals surface area contributed by atoms with E-state index in [0.717, 1.165) is 11.4 Å². The van der Waals surface area contributed by atoms with Crippen LogP contribution in [0.3, 0.4) is 0 Å². The Morgan fingerprint density at radius 2 is 1.82 bits per heavy atom. The second-order valence-corrected chi connectivity index (χ2v) is 4.80. The van der Waals surface area contributed by atoms with Gasteiger partial charge in [-0.25, -0.2) is 4.98 Å². The number of nitro benzene ring substituents is 1. The van der Waals surface area contributed by atoms with Crippen LogP contribution in [0, 0.1) is 17.0 Å². The lowest BCUT2D eigenvalue weighted by Gasteiger charge is -2.06. The van der Waals surface area contributed by atoms with E-state index in [9.17, 15) is 10.1 Å². The number of benzene rings is 1. The lowest BCUT2D eigenvalue weighted by molar-refractivity contribution is -0.383. The van der Waals surface area contributed by atoms with Crippen molar-refractivity contribution in [1.82, 2.24) is 9.97 Å². The summed E-state index contributed by atoms with van der Waals surface area (Å²) < 4.78 is 5.06. The molecular formula is C16H13N3O3. The van der Waals surface area contributed by atoms with E-state index in [1.54, 1.807) is 24.3 Å². The molecule has 3 rings (SSSR count). The van der Waals surface area contributed by atoms with Crippen LogP contribution in [-0.2, 0) is 0 Å². The van der Waals surface area contributed by atoms with Crippen molar-refractivity contribution in [3.8, 4) is 17.1 Å². The minimum atomic E-state index is -0.451. The fraction of sp³-hybridized carbons (Fsp3) is 0.125. The van der Waals surface area contributed by atoms with Crippen molar-refractivity contribution >= 4 is 16.6 Å². The molecule has 2 aromatic heterocycles. The summed E-state index contributed by atoms with van der Waals surface area (Å²) in [4.78, 5) is 19.7. The van der Waals surface area contributed by atoms with Gasteiger partial charge in [-0.3, -0.25) is 15.1 Å². The fourth-order valence-electron chi connectivity index (χ4n) is 2.35. The SMILES string of the molecule is COc1ccc2nc(-c3cccc(C)n3)ccc2c1[N+](=O)[O-].